The molecule has 0 bridgehead atoms. The van der Waals surface area contributed by atoms with Gasteiger partial charge in [-0.05, 0) is 33.2 Å². The molecule has 2 aromatic rings. The summed E-state index contributed by atoms with van der Waals surface area (Å²) in [5.41, 5.74) is 2.26. The fraction of sp³-hybridized carbons (Fsp3) is 0.500. The standard InChI is InChI=1S/C14H20BN4O/c1-6-19-12-10(7-11(15-5)13(19)20)9(4)17-14(18-12)16-8(2)3/h7-8H,6H2,1-5H3,(H,16,17,18). The highest BCUT2D eigenvalue weighted by atomic mass is 16.1. The summed E-state index contributed by atoms with van der Waals surface area (Å²) in [6.45, 7) is 10.4. The van der Waals surface area contributed by atoms with E-state index in [1.807, 2.05) is 47.9 Å². The van der Waals surface area contributed by atoms with Crippen LogP contribution in [0.3, 0.4) is 0 Å². The molecule has 5 nitrogen and oxygen atoms in total. The third kappa shape index (κ3) is 2.55. The second-order valence-corrected chi connectivity index (χ2v) is 5.11. The van der Waals surface area contributed by atoms with Crippen LogP contribution >= 0.6 is 0 Å². The molecule has 0 saturated heterocycles. The SMILES string of the molecule is C[B]c1cc2c(C)nc(NC(C)C)nc2n(CC)c1=O. The molecule has 0 atom stereocenters. The van der Waals surface area contributed by atoms with E-state index >= 15 is 0 Å². The van der Waals surface area contributed by atoms with Crippen LogP contribution in [0.25, 0.3) is 11.0 Å². The van der Waals surface area contributed by atoms with Crippen molar-refractivity contribution in [2.75, 3.05) is 5.32 Å². The molecule has 2 heterocycles. The molecule has 1 N–H and O–H groups in total. The molecular weight excluding hydrogens is 251 g/mol. The Balaban J connectivity index is 2.78. The van der Waals surface area contributed by atoms with Crippen molar-refractivity contribution in [3.05, 3.63) is 22.1 Å². The number of nitrogens with one attached hydrogen (secondary N) is 1. The van der Waals surface area contributed by atoms with Gasteiger partial charge in [0.25, 0.3) is 0 Å². The zero-order chi connectivity index (χ0) is 14.9. The normalized spacial score (nSPS) is 11.1. The fourth-order valence-electron chi connectivity index (χ4n) is 2.23. The first-order valence-corrected chi connectivity index (χ1v) is 6.96. The highest BCUT2D eigenvalue weighted by Crippen LogP contribution is 2.15. The van der Waals surface area contributed by atoms with Gasteiger partial charge in [0.05, 0.1) is 5.69 Å². The number of pyridine rings is 1. The average Bonchev–Trinajstić information content (AvgIpc) is 2.37. The molecule has 0 amide bonds. The Hall–Kier alpha value is -1.85. The zero-order valence-corrected chi connectivity index (χ0v) is 12.7. The number of aromatic nitrogens is 3. The summed E-state index contributed by atoms with van der Waals surface area (Å²) in [4.78, 5) is 21.3. The lowest BCUT2D eigenvalue weighted by molar-refractivity contribution is 0.751. The average molecular weight is 271 g/mol. The van der Waals surface area contributed by atoms with E-state index in [0.29, 0.717) is 23.6 Å². The van der Waals surface area contributed by atoms with Crippen LogP contribution in [-0.2, 0) is 6.54 Å². The maximum atomic E-state index is 12.3. The zero-order valence-electron chi connectivity index (χ0n) is 12.7. The molecule has 1 radical (unpaired) electrons. The summed E-state index contributed by atoms with van der Waals surface area (Å²) >= 11 is 0. The van der Waals surface area contributed by atoms with Crippen LogP contribution in [0.1, 0.15) is 26.5 Å². The Bertz CT molecular complexity index is 694. The van der Waals surface area contributed by atoms with Gasteiger partial charge in [-0.25, -0.2) is 4.98 Å². The van der Waals surface area contributed by atoms with Gasteiger partial charge in [-0.2, -0.15) is 4.98 Å². The van der Waals surface area contributed by atoms with Gasteiger partial charge < -0.3 is 5.32 Å². The van der Waals surface area contributed by atoms with E-state index < -0.39 is 0 Å². The number of aryl methyl sites for hydroxylation is 2. The van der Waals surface area contributed by atoms with Crippen LogP contribution in [0.2, 0.25) is 6.82 Å². The molecule has 0 aliphatic heterocycles. The van der Waals surface area contributed by atoms with Gasteiger partial charge in [-0.1, -0.05) is 12.9 Å². The number of anilines is 1. The Kier molecular flexibility index (Phi) is 4.11. The van der Waals surface area contributed by atoms with E-state index in [0.717, 1.165) is 11.1 Å². The molecule has 0 unspecified atom stereocenters. The van der Waals surface area contributed by atoms with E-state index in [1.165, 1.54) is 0 Å². The third-order valence-electron chi connectivity index (χ3n) is 3.21. The minimum atomic E-state index is -0.00361. The predicted octanol–water partition coefficient (Wildman–Crippen LogP) is 1.32. The summed E-state index contributed by atoms with van der Waals surface area (Å²) < 4.78 is 1.70. The number of nitrogens with zero attached hydrogens (tertiary/aromatic N) is 3. The maximum Gasteiger partial charge on any atom is 0.245 e. The number of hydrogen-bond donors (Lipinski definition) is 1. The Morgan fingerprint density at radius 3 is 2.65 bits per heavy atom. The quantitative estimate of drug-likeness (QED) is 0.852. The number of rotatable bonds is 4. The summed E-state index contributed by atoms with van der Waals surface area (Å²) in [5.74, 6) is 0.569. The second-order valence-electron chi connectivity index (χ2n) is 5.11. The molecule has 0 aromatic carbocycles. The van der Waals surface area contributed by atoms with Gasteiger partial charge in [-0.15, -0.1) is 0 Å². The van der Waals surface area contributed by atoms with Crippen molar-refractivity contribution in [2.45, 2.75) is 47.1 Å². The molecule has 0 aliphatic rings. The van der Waals surface area contributed by atoms with Crippen LogP contribution in [0.5, 0.6) is 0 Å². The summed E-state index contributed by atoms with van der Waals surface area (Å²) in [5, 5.41) is 4.12. The van der Waals surface area contributed by atoms with Gasteiger partial charge >= 0.3 is 0 Å². The van der Waals surface area contributed by atoms with E-state index in [1.54, 1.807) is 4.57 Å². The highest BCUT2D eigenvalue weighted by Gasteiger charge is 2.13. The molecule has 0 spiro atoms. The van der Waals surface area contributed by atoms with Crippen molar-refractivity contribution in [2.24, 2.45) is 0 Å². The van der Waals surface area contributed by atoms with E-state index in [4.69, 9.17) is 0 Å². The van der Waals surface area contributed by atoms with E-state index in [9.17, 15) is 4.79 Å². The lowest BCUT2D eigenvalue weighted by atomic mass is 9.73. The van der Waals surface area contributed by atoms with Crippen molar-refractivity contribution < 1.29 is 0 Å². The number of hydrogen-bond acceptors (Lipinski definition) is 4. The minimum absolute atomic E-state index is 0.00361. The van der Waals surface area contributed by atoms with Gasteiger partial charge in [0.1, 0.15) is 5.65 Å². The second kappa shape index (κ2) is 5.65. The van der Waals surface area contributed by atoms with Crippen molar-refractivity contribution in [1.82, 2.24) is 14.5 Å². The lowest BCUT2D eigenvalue weighted by Gasteiger charge is -2.14. The molecular formula is C14H20BN4O. The third-order valence-corrected chi connectivity index (χ3v) is 3.21. The van der Waals surface area contributed by atoms with Gasteiger partial charge in [0.2, 0.25) is 11.5 Å². The van der Waals surface area contributed by atoms with E-state index in [-0.39, 0.29) is 11.6 Å². The first-order valence-electron chi connectivity index (χ1n) is 6.96. The first-order chi connectivity index (χ1) is 9.47. The summed E-state index contributed by atoms with van der Waals surface area (Å²) in [6.07, 6.45) is 0. The first kappa shape index (κ1) is 14.6. The van der Waals surface area contributed by atoms with Gasteiger partial charge in [0.15, 0.2) is 7.28 Å². The molecule has 2 aromatic heterocycles. The van der Waals surface area contributed by atoms with Crippen LogP contribution in [0, 0.1) is 6.92 Å². The Labute approximate surface area is 119 Å². The van der Waals surface area contributed by atoms with Crippen molar-refractivity contribution in [1.29, 1.82) is 0 Å². The minimum Gasteiger partial charge on any atom is -0.352 e. The molecule has 0 fully saturated rings. The van der Waals surface area contributed by atoms with Crippen molar-refractivity contribution >= 4 is 29.7 Å². The smallest absolute Gasteiger partial charge is 0.245 e. The van der Waals surface area contributed by atoms with Gasteiger partial charge in [0, 0.05) is 18.0 Å². The summed E-state index contributed by atoms with van der Waals surface area (Å²) in [6, 6.07) is 2.12. The molecule has 105 valence electrons. The predicted molar refractivity (Wildman–Crippen MR) is 84.2 cm³/mol. The Morgan fingerprint density at radius 1 is 1.40 bits per heavy atom. The fourth-order valence-corrected chi connectivity index (χ4v) is 2.23. The van der Waals surface area contributed by atoms with Crippen molar-refractivity contribution in [3.63, 3.8) is 0 Å². The van der Waals surface area contributed by atoms with Crippen LogP contribution in [0.4, 0.5) is 5.95 Å². The maximum absolute atomic E-state index is 12.3. The highest BCUT2D eigenvalue weighted by molar-refractivity contribution is 6.52. The van der Waals surface area contributed by atoms with Crippen molar-refractivity contribution in [3.8, 4) is 0 Å². The molecule has 20 heavy (non-hydrogen) atoms. The van der Waals surface area contributed by atoms with Crippen LogP contribution < -0.4 is 16.3 Å². The van der Waals surface area contributed by atoms with Gasteiger partial charge in [-0.3, -0.25) is 9.36 Å². The largest absolute Gasteiger partial charge is 0.352 e. The molecule has 6 heteroatoms. The lowest BCUT2D eigenvalue weighted by Crippen LogP contribution is -2.37. The number of fused-ring (bicyclic) bond motifs is 1. The van der Waals surface area contributed by atoms with E-state index in [2.05, 4.69) is 15.3 Å². The molecule has 0 aliphatic carbocycles. The molecule has 0 saturated carbocycles. The summed E-state index contributed by atoms with van der Waals surface area (Å²) in [7, 11) is 1.83. The van der Waals surface area contributed by atoms with Crippen LogP contribution in [0.15, 0.2) is 10.9 Å². The molecule has 2 rings (SSSR count). The monoisotopic (exact) mass is 271 g/mol. The topological polar surface area (TPSA) is 59.8 Å². The van der Waals surface area contributed by atoms with Crippen LogP contribution in [-0.4, -0.2) is 27.9 Å². The Morgan fingerprint density at radius 2 is 2.10 bits per heavy atom.